The molecule has 2 rings (SSSR count). The Labute approximate surface area is 111 Å². The van der Waals surface area contributed by atoms with Gasteiger partial charge in [-0.05, 0) is 50.1 Å². The van der Waals surface area contributed by atoms with Crippen molar-refractivity contribution in [3.05, 3.63) is 0 Å². The standard InChI is InChI=1S/C15H28N2O/c1-15(2)8-4-3-5-13(15)14(18)17-11-12-6-9-16-10-7-12/h12-13,16H,3-11H2,1-2H3,(H,17,18). The summed E-state index contributed by atoms with van der Waals surface area (Å²) in [6.07, 6.45) is 7.17. The molecule has 18 heavy (non-hydrogen) atoms. The number of hydrogen-bond donors (Lipinski definition) is 2. The van der Waals surface area contributed by atoms with Gasteiger partial charge in [0, 0.05) is 12.5 Å². The van der Waals surface area contributed by atoms with Crippen molar-refractivity contribution in [2.24, 2.45) is 17.3 Å². The van der Waals surface area contributed by atoms with Crippen molar-refractivity contribution in [2.75, 3.05) is 19.6 Å². The summed E-state index contributed by atoms with van der Waals surface area (Å²) in [6.45, 7) is 7.60. The number of nitrogens with one attached hydrogen (secondary N) is 2. The lowest BCUT2D eigenvalue weighted by Gasteiger charge is -2.37. The van der Waals surface area contributed by atoms with Crippen LogP contribution in [0.3, 0.4) is 0 Å². The number of carbonyl (C=O) groups is 1. The SMILES string of the molecule is CC1(C)CCCCC1C(=O)NCC1CCNCC1. The van der Waals surface area contributed by atoms with Crippen LogP contribution in [0.2, 0.25) is 0 Å². The lowest BCUT2D eigenvalue weighted by Crippen LogP contribution is -2.43. The van der Waals surface area contributed by atoms with Gasteiger partial charge in [-0.1, -0.05) is 26.7 Å². The molecule has 1 atom stereocenters. The monoisotopic (exact) mass is 252 g/mol. The summed E-state index contributed by atoms with van der Waals surface area (Å²) in [5, 5.41) is 6.58. The molecule has 2 N–H and O–H groups in total. The Hall–Kier alpha value is -0.570. The van der Waals surface area contributed by atoms with Crippen molar-refractivity contribution in [1.82, 2.24) is 10.6 Å². The Morgan fingerprint density at radius 2 is 1.94 bits per heavy atom. The van der Waals surface area contributed by atoms with Crippen LogP contribution in [0, 0.1) is 17.3 Å². The molecule has 3 nitrogen and oxygen atoms in total. The Kier molecular flexibility index (Phi) is 4.66. The second-order valence-electron chi connectivity index (χ2n) is 6.73. The molecule has 0 aromatic carbocycles. The molecular formula is C15H28N2O. The summed E-state index contributed by atoms with van der Waals surface area (Å²) in [4.78, 5) is 12.3. The summed E-state index contributed by atoms with van der Waals surface area (Å²) in [5.41, 5.74) is 0.191. The quantitative estimate of drug-likeness (QED) is 0.809. The molecule has 1 amide bonds. The molecule has 104 valence electrons. The fourth-order valence-electron chi connectivity index (χ4n) is 3.43. The first-order chi connectivity index (χ1) is 8.59. The van der Waals surface area contributed by atoms with E-state index < -0.39 is 0 Å². The van der Waals surface area contributed by atoms with E-state index in [0.717, 1.165) is 26.1 Å². The lowest BCUT2D eigenvalue weighted by atomic mass is 9.68. The molecule has 0 aromatic heterocycles. The zero-order valence-corrected chi connectivity index (χ0v) is 11.9. The van der Waals surface area contributed by atoms with Crippen molar-refractivity contribution in [1.29, 1.82) is 0 Å². The predicted octanol–water partition coefficient (Wildman–Crippen LogP) is 2.32. The van der Waals surface area contributed by atoms with Crippen LogP contribution < -0.4 is 10.6 Å². The third-order valence-corrected chi connectivity index (χ3v) is 4.85. The first-order valence-corrected chi connectivity index (χ1v) is 7.58. The number of piperidine rings is 1. The van der Waals surface area contributed by atoms with Crippen molar-refractivity contribution in [3.8, 4) is 0 Å². The number of amides is 1. The van der Waals surface area contributed by atoms with Gasteiger partial charge in [-0.25, -0.2) is 0 Å². The van der Waals surface area contributed by atoms with Crippen LogP contribution in [-0.2, 0) is 4.79 Å². The second-order valence-corrected chi connectivity index (χ2v) is 6.73. The smallest absolute Gasteiger partial charge is 0.223 e. The van der Waals surface area contributed by atoms with E-state index in [9.17, 15) is 4.79 Å². The zero-order valence-electron chi connectivity index (χ0n) is 11.9. The van der Waals surface area contributed by atoms with Crippen LogP contribution in [0.4, 0.5) is 0 Å². The van der Waals surface area contributed by atoms with Gasteiger partial charge in [0.05, 0.1) is 0 Å². The molecule has 1 saturated heterocycles. The minimum absolute atomic E-state index is 0.191. The van der Waals surface area contributed by atoms with Gasteiger partial charge in [0.15, 0.2) is 0 Å². The maximum atomic E-state index is 12.3. The van der Waals surface area contributed by atoms with E-state index in [-0.39, 0.29) is 11.3 Å². The van der Waals surface area contributed by atoms with Crippen LogP contribution in [0.25, 0.3) is 0 Å². The van der Waals surface area contributed by atoms with Gasteiger partial charge in [0.2, 0.25) is 5.91 Å². The van der Waals surface area contributed by atoms with Crippen LogP contribution in [-0.4, -0.2) is 25.5 Å². The fourth-order valence-corrected chi connectivity index (χ4v) is 3.43. The summed E-state index contributed by atoms with van der Waals surface area (Å²) in [6, 6.07) is 0. The zero-order chi connectivity index (χ0) is 13.0. The van der Waals surface area contributed by atoms with Crippen molar-refractivity contribution >= 4 is 5.91 Å². The van der Waals surface area contributed by atoms with Gasteiger partial charge in [-0.2, -0.15) is 0 Å². The molecule has 2 aliphatic rings. The summed E-state index contributed by atoms with van der Waals surface area (Å²) in [5.74, 6) is 1.22. The molecule has 1 aliphatic heterocycles. The largest absolute Gasteiger partial charge is 0.356 e. The van der Waals surface area contributed by atoms with E-state index >= 15 is 0 Å². The molecular weight excluding hydrogens is 224 g/mol. The Morgan fingerprint density at radius 1 is 1.22 bits per heavy atom. The highest BCUT2D eigenvalue weighted by molar-refractivity contribution is 5.79. The minimum Gasteiger partial charge on any atom is -0.356 e. The predicted molar refractivity (Wildman–Crippen MR) is 74.3 cm³/mol. The van der Waals surface area contributed by atoms with E-state index in [2.05, 4.69) is 24.5 Å². The molecule has 0 aromatic rings. The fraction of sp³-hybridized carbons (Fsp3) is 0.933. The Bertz CT molecular complexity index is 282. The average Bonchev–Trinajstić information content (AvgIpc) is 2.37. The average molecular weight is 252 g/mol. The van der Waals surface area contributed by atoms with E-state index in [1.165, 1.54) is 32.1 Å². The number of hydrogen-bond acceptors (Lipinski definition) is 2. The first-order valence-electron chi connectivity index (χ1n) is 7.58. The van der Waals surface area contributed by atoms with Crippen molar-refractivity contribution in [2.45, 2.75) is 52.4 Å². The molecule has 0 radical (unpaired) electrons. The molecule has 0 spiro atoms. The van der Waals surface area contributed by atoms with Crippen LogP contribution in [0.5, 0.6) is 0 Å². The normalized spacial score (nSPS) is 28.9. The molecule has 1 heterocycles. The minimum atomic E-state index is 0.191. The van der Waals surface area contributed by atoms with Gasteiger partial charge < -0.3 is 10.6 Å². The summed E-state index contributed by atoms with van der Waals surface area (Å²) in [7, 11) is 0. The summed E-state index contributed by atoms with van der Waals surface area (Å²) < 4.78 is 0. The molecule has 2 fully saturated rings. The topological polar surface area (TPSA) is 41.1 Å². The molecule has 1 unspecified atom stereocenters. The number of carbonyl (C=O) groups excluding carboxylic acids is 1. The molecule has 1 aliphatic carbocycles. The van der Waals surface area contributed by atoms with Gasteiger partial charge in [-0.15, -0.1) is 0 Å². The maximum Gasteiger partial charge on any atom is 0.223 e. The molecule has 0 bridgehead atoms. The van der Waals surface area contributed by atoms with Gasteiger partial charge in [0.1, 0.15) is 0 Å². The van der Waals surface area contributed by atoms with E-state index in [0.29, 0.717) is 11.8 Å². The summed E-state index contributed by atoms with van der Waals surface area (Å²) >= 11 is 0. The third-order valence-electron chi connectivity index (χ3n) is 4.85. The molecule has 3 heteroatoms. The van der Waals surface area contributed by atoms with Gasteiger partial charge in [0.25, 0.3) is 0 Å². The van der Waals surface area contributed by atoms with E-state index in [1.807, 2.05) is 0 Å². The highest BCUT2D eigenvalue weighted by Crippen LogP contribution is 2.40. The first kappa shape index (κ1) is 13.9. The second kappa shape index (κ2) is 6.05. The molecule has 1 saturated carbocycles. The number of rotatable bonds is 3. The third kappa shape index (κ3) is 3.47. The highest BCUT2D eigenvalue weighted by atomic mass is 16.1. The van der Waals surface area contributed by atoms with Gasteiger partial charge >= 0.3 is 0 Å². The Morgan fingerprint density at radius 3 is 2.61 bits per heavy atom. The van der Waals surface area contributed by atoms with E-state index in [1.54, 1.807) is 0 Å². The van der Waals surface area contributed by atoms with Crippen molar-refractivity contribution < 1.29 is 4.79 Å². The lowest BCUT2D eigenvalue weighted by molar-refractivity contribution is -0.130. The van der Waals surface area contributed by atoms with Crippen LogP contribution >= 0.6 is 0 Å². The van der Waals surface area contributed by atoms with Crippen LogP contribution in [0.15, 0.2) is 0 Å². The van der Waals surface area contributed by atoms with Gasteiger partial charge in [-0.3, -0.25) is 4.79 Å². The van der Waals surface area contributed by atoms with E-state index in [4.69, 9.17) is 0 Å². The highest BCUT2D eigenvalue weighted by Gasteiger charge is 2.37. The maximum absolute atomic E-state index is 12.3. The van der Waals surface area contributed by atoms with Crippen LogP contribution in [0.1, 0.15) is 52.4 Å². The Balaban J connectivity index is 1.79. The van der Waals surface area contributed by atoms with Crippen molar-refractivity contribution in [3.63, 3.8) is 0 Å².